The second-order valence-corrected chi connectivity index (χ2v) is 3.64. The molecule has 0 aromatic heterocycles. The Balaban J connectivity index is 2.80. The largest absolute Gasteiger partial charge is 0.416 e. The predicted molar refractivity (Wildman–Crippen MR) is 63.4 cm³/mol. The van der Waals surface area contributed by atoms with E-state index in [2.05, 4.69) is 5.32 Å². The molecule has 0 saturated heterocycles. The Morgan fingerprint density at radius 2 is 2.06 bits per heavy atom. The molecule has 17 heavy (non-hydrogen) atoms. The summed E-state index contributed by atoms with van der Waals surface area (Å²) in [6.07, 6.45) is 0.0573. The highest BCUT2D eigenvalue weighted by Gasteiger charge is 2.30. The van der Waals surface area contributed by atoms with Gasteiger partial charge in [-0.2, -0.15) is 13.2 Å². The summed E-state index contributed by atoms with van der Waals surface area (Å²) in [4.78, 5) is 0. The van der Waals surface area contributed by atoms with Crippen molar-refractivity contribution in [2.75, 3.05) is 19.3 Å². The van der Waals surface area contributed by atoms with Gasteiger partial charge in [-0.3, -0.25) is 0 Å². The lowest BCUT2D eigenvalue weighted by Crippen LogP contribution is -2.06. The Bertz CT molecular complexity index is 397. The lowest BCUT2D eigenvalue weighted by atomic mass is 10.1. The SMILES string of the molecule is CNCCC=Cc1ccc(C(F)(F)F)cc1N. The number of halogens is 3. The summed E-state index contributed by atoms with van der Waals surface area (Å²) in [6, 6.07) is 3.37. The summed E-state index contributed by atoms with van der Waals surface area (Å²) in [6.45, 7) is 0.817. The summed E-state index contributed by atoms with van der Waals surface area (Å²) >= 11 is 0. The highest BCUT2D eigenvalue weighted by molar-refractivity contribution is 5.65. The zero-order chi connectivity index (χ0) is 12.9. The van der Waals surface area contributed by atoms with Crippen molar-refractivity contribution in [2.45, 2.75) is 12.6 Å². The van der Waals surface area contributed by atoms with Gasteiger partial charge in [-0.05, 0) is 37.7 Å². The smallest absolute Gasteiger partial charge is 0.398 e. The molecule has 0 saturated carbocycles. The molecular weight excluding hydrogens is 229 g/mol. The van der Waals surface area contributed by atoms with E-state index >= 15 is 0 Å². The molecule has 2 nitrogen and oxygen atoms in total. The number of hydrogen-bond donors (Lipinski definition) is 2. The Kier molecular flexibility index (Phi) is 4.57. The molecule has 1 aromatic carbocycles. The third-order valence-corrected chi connectivity index (χ3v) is 2.27. The van der Waals surface area contributed by atoms with Crippen molar-refractivity contribution in [1.82, 2.24) is 5.32 Å². The zero-order valence-electron chi connectivity index (χ0n) is 9.51. The molecular formula is C12H15F3N2. The van der Waals surface area contributed by atoms with E-state index in [1.165, 1.54) is 6.07 Å². The van der Waals surface area contributed by atoms with Crippen LogP contribution in [0, 0.1) is 0 Å². The highest BCUT2D eigenvalue weighted by Crippen LogP contribution is 2.31. The van der Waals surface area contributed by atoms with Gasteiger partial charge in [-0.25, -0.2) is 0 Å². The maximum atomic E-state index is 12.4. The molecule has 0 unspecified atom stereocenters. The quantitative estimate of drug-likeness (QED) is 0.631. The lowest BCUT2D eigenvalue weighted by Gasteiger charge is -2.08. The topological polar surface area (TPSA) is 38.0 Å². The molecule has 0 aliphatic carbocycles. The zero-order valence-corrected chi connectivity index (χ0v) is 9.51. The average molecular weight is 244 g/mol. The monoisotopic (exact) mass is 244 g/mol. The average Bonchev–Trinajstić information content (AvgIpc) is 2.24. The third kappa shape index (κ3) is 4.11. The summed E-state index contributed by atoms with van der Waals surface area (Å²) < 4.78 is 37.1. The first-order chi connectivity index (χ1) is 7.95. The van der Waals surface area contributed by atoms with Crippen molar-refractivity contribution >= 4 is 11.8 Å². The van der Waals surface area contributed by atoms with Crippen molar-refractivity contribution < 1.29 is 13.2 Å². The molecule has 0 bridgehead atoms. The van der Waals surface area contributed by atoms with Gasteiger partial charge in [-0.1, -0.05) is 18.2 Å². The molecule has 0 heterocycles. The van der Waals surface area contributed by atoms with Crippen LogP contribution < -0.4 is 11.1 Å². The fraction of sp³-hybridized carbons (Fsp3) is 0.333. The Morgan fingerprint density at radius 3 is 2.59 bits per heavy atom. The molecule has 3 N–H and O–H groups in total. The number of rotatable bonds is 4. The molecule has 0 amide bonds. The fourth-order valence-corrected chi connectivity index (χ4v) is 1.34. The van der Waals surface area contributed by atoms with Gasteiger partial charge < -0.3 is 11.1 Å². The molecule has 0 spiro atoms. The van der Waals surface area contributed by atoms with Gasteiger partial charge >= 0.3 is 6.18 Å². The standard InChI is InChI=1S/C12H15F3N2/c1-17-7-3-2-4-9-5-6-10(8-11(9)16)12(13,14)15/h2,4-6,8,17H,3,7,16H2,1H3. The summed E-state index contributed by atoms with van der Waals surface area (Å²) in [5, 5.41) is 2.97. The van der Waals surface area contributed by atoms with Gasteiger partial charge in [0.2, 0.25) is 0 Å². The third-order valence-electron chi connectivity index (χ3n) is 2.27. The van der Waals surface area contributed by atoms with Crippen LogP contribution in [0.25, 0.3) is 6.08 Å². The normalized spacial score (nSPS) is 12.2. The minimum absolute atomic E-state index is 0.139. The van der Waals surface area contributed by atoms with Crippen LogP contribution >= 0.6 is 0 Å². The predicted octanol–water partition coefficient (Wildman–Crippen LogP) is 2.91. The van der Waals surface area contributed by atoms with Gasteiger partial charge in [0.05, 0.1) is 5.56 Å². The molecule has 0 atom stereocenters. The van der Waals surface area contributed by atoms with E-state index in [1.807, 2.05) is 13.1 Å². The van der Waals surface area contributed by atoms with Crippen LogP contribution in [-0.4, -0.2) is 13.6 Å². The van der Waals surface area contributed by atoms with Crippen LogP contribution in [0.4, 0.5) is 18.9 Å². The molecule has 0 radical (unpaired) electrons. The second-order valence-electron chi connectivity index (χ2n) is 3.64. The lowest BCUT2D eigenvalue weighted by molar-refractivity contribution is -0.137. The molecule has 1 rings (SSSR count). The number of nitrogens with two attached hydrogens (primary N) is 1. The van der Waals surface area contributed by atoms with Crippen LogP contribution in [0.3, 0.4) is 0 Å². The Morgan fingerprint density at radius 1 is 1.35 bits per heavy atom. The van der Waals surface area contributed by atoms with Crippen molar-refractivity contribution in [2.24, 2.45) is 0 Å². The number of nitrogen functional groups attached to an aromatic ring is 1. The molecule has 0 fully saturated rings. The van der Waals surface area contributed by atoms with Crippen molar-refractivity contribution in [3.05, 3.63) is 35.4 Å². The first kappa shape index (κ1) is 13.6. The van der Waals surface area contributed by atoms with E-state index in [4.69, 9.17) is 5.73 Å². The maximum absolute atomic E-state index is 12.4. The number of benzene rings is 1. The number of alkyl halides is 3. The van der Waals surface area contributed by atoms with E-state index in [0.29, 0.717) is 5.56 Å². The van der Waals surface area contributed by atoms with Gasteiger partial charge in [0.15, 0.2) is 0 Å². The van der Waals surface area contributed by atoms with Crippen LogP contribution in [0.1, 0.15) is 17.5 Å². The molecule has 5 heteroatoms. The van der Waals surface area contributed by atoms with Crippen molar-refractivity contribution in [3.8, 4) is 0 Å². The van der Waals surface area contributed by atoms with Crippen LogP contribution in [-0.2, 0) is 6.18 Å². The van der Waals surface area contributed by atoms with Gasteiger partial charge in [0.25, 0.3) is 0 Å². The van der Waals surface area contributed by atoms with Gasteiger partial charge in [-0.15, -0.1) is 0 Å². The van der Waals surface area contributed by atoms with Crippen LogP contribution in [0.5, 0.6) is 0 Å². The Hall–Kier alpha value is -1.49. The number of anilines is 1. The minimum atomic E-state index is -4.34. The fourth-order valence-electron chi connectivity index (χ4n) is 1.34. The molecule has 94 valence electrons. The first-order valence-electron chi connectivity index (χ1n) is 5.23. The summed E-state index contributed by atoms with van der Waals surface area (Å²) in [7, 11) is 1.83. The van der Waals surface area contributed by atoms with E-state index in [-0.39, 0.29) is 5.69 Å². The Labute approximate surface area is 98.3 Å². The highest BCUT2D eigenvalue weighted by atomic mass is 19.4. The number of nitrogens with one attached hydrogen (secondary N) is 1. The van der Waals surface area contributed by atoms with E-state index in [9.17, 15) is 13.2 Å². The van der Waals surface area contributed by atoms with Crippen LogP contribution in [0.2, 0.25) is 0 Å². The van der Waals surface area contributed by atoms with Crippen LogP contribution in [0.15, 0.2) is 24.3 Å². The molecule has 1 aromatic rings. The van der Waals surface area contributed by atoms with E-state index in [1.54, 1.807) is 6.08 Å². The van der Waals surface area contributed by atoms with Gasteiger partial charge in [0, 0.05) is 5.69 Å². The first-order valence-corrected chi connectivity index (χ1v) is 5.23. The second kappa shape index (κ2) is 5.72. The van der Waals surface area contributed by atoms with E-state index in [0.717, 1.165) is 25.1 Å². The molecule has 0 aliphatic rings. The van der Waals surface area contributed by atoms with Crippen molar-refractivity contribution in [3.63, 3.8) is 0 Å². The minimum Gasteiger partial charge on any atom is -0.398 e. The maximum Gasteiger partial charge on any atom is 0.416 e. The number of hydrogen-bond acceptors (Lipinski definition) is 2. The van der Waals surface area contributed by atoms with Gasteiger partial charge in [0.1, 0.15) is 0 Å². The summed E-state index contributed by atoms with van der Waals surface area (Å²) in [5.41, 5.74) is 5.59. The van der Waals surface area contributed by atoms with Crippen molar-refractivity contribution in [1.29, 1.82) is 0 Å². The molecule has 0 aliphatic heterocycles. The summed E-state index contributed by atoms with van der Waals surface area (Å²) in [5.74, 6) is 0. The van der Waals surface area contributed by atoms with E-state index < -0.39 is 11.7 Å².